The van der Waals surface area contributed by atoms with Crippen LogP contribution in [0.3, 0.4) is 0 Å². The standard InChI is InChI=1S/C20H21N3O3S/c1-13-4-2-8-22(11-13)18(24)14-6-7-16-17(10-14)21-20(27)23(19(16)25)12-15-5-3-9-26-15/h3,5-7,9-10,13H,2,4,8,11-12H2,1H3,(H,21,27). The van der Waals surface area contributed by atoms with E-state index >= 15 is 0 Å². The van der Waals surface area contributed by atoms with E-state index in [-0.39, 0.29) is 18.0 Å². The zero-order chi connectivity index (χ0) is 19.0. The van der Waals surface area contributed by atoms with Gasteiger partial charge >= 0.3 is 0 Å². The summed E-state index contributed by atoms with van der Waals surface area (Å²) in [6, 6.07) is 8.72. The highest BCUT2D eigenvalue weighted by Crippen LogP contribution is 2.19. The number of hydrogen-bond donors (Lipinski definition) is 1. The third-order valence-electron chi connectivity index (χ3n) is 5.07. The Hall–Kier alpha value is -2.67. The lowest BCUT2D eigenvalue weighted by Crippen LogP contribution is -2.39. The molecular formula is C20H21N3O3S. The van der Waals surface area contributed by atoms with Crippen molar-refractivity contribution in [3.8, 4) is 0 Å². The molecule has 140 valence electrons. The van der Waals surface area contributed by atoms with Crippen molar-refractivity contribution >= 4 is 29.0 Å². The summed E-state index contributed by atoms with van der Waals surface area (Å²) in [6.07, 6.45) is 3.75. The maximum absolute atomic E-state index is 12.8. The molecule has 6 nitrogen and oxygen atoms in total. The van der Waals surface area contributed by atoms with Gasteiger partial charge in [-0.15, -0.1) is 0 Å². The van der Waals surface area contributed by atoms with Crippen LogP contribution in [0, 0.1) is 10.7 Å². The number of piperidine rings is 1. The van der Waals surface area contributed by atoms with Crippen molar-refractivity contribution in [3.05, 3.63) is 63.0 Å². The van der Waals surface area contributed by atoms with E-state index < -0.39 is 0 Å². The fraction of sp³-hybridized carbons (Fsp3) is 0.350. The monoisotopic (exact) mass is 383 g/mol. The molecule has 2 aromatic heterocycles. The topological polar surface area (TPSA) is 71.2 Å². The number of aromatic nitrogens is 2. The van der Waals surface area contributed by atoms with Gasteiger partial charge in [0, 0.05) is 18.7 Å². The summed E-state index contributed by atoms with van der Waals surface area (Å²) in [6.45, 7) is 3.99. The van der Waals surface area contributed by atoms with Gasteiger partial charge in [-0.1, -0.05) is 6.92 Å². The Morgan fingerprint density at radius 3 is 2.96 bits per heavy atom. The van der Waals surface area contributed by atoms with Gasteiger partial charge in [-0.2, -0.15) is 0 Å². The molecule has 7 heteroatoms. The first-order valence-electron chi connectivity index (χ1n) is 9.11. The average Bonchev–Trinajstić information content (AvgIpc) is 3.17. The first-order valence-corrected chi connectivity index (χ1v) is 9.52. The van der Waals surface area contributed by atoms with E-state index in [4.69, 9.17) is 16.6 Å². The summed E-state index contributed by atoms with van der Waals surface area (Å²) in [4.78, 5) is 30.6. The Labute approximate surface area is 161 Å². The van der Waals surface area contributed by atoms with E-state index in [1.807, 2.05) is 4.90 Å². The predicted octanol–water partition coefficient (Wildman–Crippen LogP) is 3.57. The zero-order valence-corrected chi connectivity index (χ0v) is 15.9. The number of nitrogens with zero attached hydrogens (tertiary/aromatic N) is 2. The van der Waals surface area contributed by atoms with Gasteiger partial charge in [-0.05, 0) is 61.3 Å². The molecule has 1 saturated heterocycles. The maximum Gasteiger partial charge on any atom is 0.262 e. The molecule has 1 N–H and O–H groups in total. The fourth-order valence-electron chi connectivity index (χ4n) is 3.65. The molecule has 0 aliphatic carbocycles. The first kappa shape index (κ1) is 17.7. The Bertz CT molecular complexity index is 1100. The number of carbonyl (C=O) groups excluding carboxylic acids is 1. The third kappa shape index (κ3) is 3.47. The lowest BCUT2D eigenvalue weighted by Gasteiger charge is -2.31. The van der Waals surface area contributed by atoms with Crippen LogP contribution in [-0.4, -0.2) is 33.4 Å². The second-order valence-electron chi connectivity index (χ2n) is 7.16. The summed E-state index contributed by atoms with van der Waals surface area (Å²) < 4.78 is 7.08. The molecule has 1 fully saturated rings. The fourth-order valence-corrected chi connectivity index (χ4v) is 3.90. The van der Waals surface area contributed by atoms with Crippen molar-refractivity contribution in [2.75, 3.05) is 13.1 Å². The van der Waals surface area contributed by atoms with Crippen molar-refractivity contribution in [1.29, 1.82) is 0 Å². The van der Waals surface area contributed by atoms with E-state index in [0.717, 1.165) is 25.9 Å². The van der Waals surface area contributed by atoms with Crippen LogP contribution in [0.25, 0.3) is 10.9 Å². The number of benzene rings is 1. The highest BCUT2D eigenvalue weighted by atomic mass is 32.1. The van der Waals surface area contributed by atoms with Crippen LogP contribution in [0.15, 0.2) is 45.8 Å². The number of hydrogen-bond acceptors (Lipinski definition) is 4. The van der Waals surface area contributed by atoms with Crippen LogP contribution < -0.4 is 5.56 Å². The van der Waals surface area contributed by atoms with Crippen LogP contribution >= 0.6 is 12.2 Å². The Kier molecular flexibility index (Phi) is 4.70. The molecule has 1 aromatic carbocycles. The summed E-state index contributed by atoms with van der Waals surface area (Å²) >= 11 is 5.36. The largest absolute Gasteiger partial charge is 0.467 e. The molecule has 3 aromatic rings. The minimum atomic E-state index is -0.198. The van der Waals surface area contributed by atoms with Crippen LogP contribution in [-0.2, 0) is 6.54 Å². The van der Waals surface area contributed by atoms with Crippen molar-refractivity contribution in [2.24, 2.45) is 5.92 Å². The van der Waals surface area contributed by atoms with Gasteiger partial charge in [0.25, 0.3) is 11.5 Å². The summed E-state index contributed by atoms with van der Waals surface area (Å²) in [5.41, 5.74) is 0.956. The van der Waals surface area contributed by atoms with Gasteiger partial charge in [0.15, 0.2) is 4.77 Å². The summed E-state index contributed by atoms with van der Waals surface area (Å²) in [5.74, 6) is 1.17. The van der Waals surface area contributed by atoms with Crippen LogP contribution in [0.4, 0.5) is 0 Å². The van der Waals surface area contributed by atoms with E-state index in [9.17, 15) is 9.59 Å². The molecule has 0 bridgehead atoms. The SMILES string of the molecule is CC1CCCN(C(=O)c2ccc3c(=O)n(Cc4ccco4)c(=S)[nH]c3c2)C1. The molecule has 0 radical (unpaired) electrons. The number of nitrogens with one attached hydrogen (secondary N) is 1. The molecule has 27 heavy (non-hydrogen) atoms. The molecule has 1 unspecified atom stereocenters. The van der Waals surface area contributed by atoms with E-state index in [2.05, 4.69) is 11.9 Å². The normalized spacial score (nSPS) is 17.4. The molecular weight excluding hydrogens is 362 g/mol. The van der Waals surface area contributed by atoms with Gasteiger partial charge < -0.3 is 14.3 Å². The molecule has 0 spiro atoms. The number of amides is 1. The van der Waals surface area contributed by atoms with Crippen molar-refractivity contribution in [2.45, 2.75) is 26.3 Å². The highest BCUT2D eigenvalue weighted by Gasteiger charge is 2.22. The minimum Gasteiger partial charge on any atom is -0.467 e. The van der Waals surface area contributed by atoms with E-state index in [1.165, 1.54) is 4.57 Å². The molecule has 3 heterocycles. The maximum atomic E-state index is 12.8. The lowest BCUT2D eigenvalue weighted by atomic mass is 9.99. The van der Waals surface area contributed by atoms with E-state index in [1.54, 1.807) is 36.6 Å². The Balaban J connectivity index is 1.70. The number of furan rings is 1. The first-order chi connectivity index (χ1) is 13.0. The Morgan fingerprint density at radius 1 is 1.37 bits per heavy atom. The molecule has 1 amide bonds. The van der Waals surface area contributed by atoms with Gasteiger partial charge in [-0.3, -0.25) is 14.2 Å². The van der Waals surface area contributed by atoms with Crippen LogP contribution in [0.1, 0.15) is 35.9 Å². The molecule has 0 saturated carbocycles. The lowest BCUT2D eigenvalue weighted by molar-refractivity contribution is 0.0683. The number of likely N-dealkylation sites (tertiary alicyclic amines) is 1. The van der Waals surface area contributed by atoms with Crippen LogP contribution in [0.5, 0.6) is 0 Å². The quantitative estimate of drug-likeness (QED) is 0.702. The van der Waals surface area contributed by atoms with Gasteiger partial charge in [0.1, 0.15) is 5.76 Å². The van der Waals surface area contributed by atoms with Gasteiger partial charge in [0.2, 0.25) is 0 Å². The van der Waals surface area contributed by atoms with Crippen molar-refractivity contribution in [1.82, 2.24) is 14.5 Å². The minimum absolute atomic E-state index is 0.00234. The molecule has 4 rings (SSSR count). The van der Waals surface area contributed by atoms with Crippen LogP contribution in [0.2, 0.25) is 0 Å². The molecule has 1 aliphatic heterocycles. The Morgan fingerprint density at radius 2 is 2.22 bits per heavy atom. The average molecular weight is 383 g/mol. The molecule has 1 aliphatic rings. The van der Waals surface area contributed by atoms with Crippen molar-refractivity contribution < 1.29 is 9.21 Å². The molecule has 1 atom stereocenters. The number of fused-ring (bicyclic) bond motifs is 1. The van der Waals surface area contributed by atoms with E-state index in [0.29, 0.717) is 32.9 Å². The summed E-state index contributed by atoms with van der Waals surface area (Å²) in [5, 5.41) is 0.499. The van der Waals surface area contributed by atoms with Gasteiger partial charge in [-0.25, -0.2) is 0 Å². The second kappa shape index (κ2) is 7.15. The number of carbonyl (C=O) groups is 1. The number of rotatable bonds is 3. The predicted molar refractivity (Wildman–Crippen MR) is 106 cm³/mol. The zero-order valence-electron chi connectivity index (χ0n) is 15.1. The van der Waals surface area contributed by atoms with Crippen molar-refractivity contribution in [3.63, 3.8) is 0 Å². The second-order valence-corrected chi connectivity index (χ2v) is 7.55. The number of H-pyrrole nitrogens is 1. The van der Waals surface area contributed by atoms with Gasteiger partial charge in [0.05, 0.1) is 23.7 Å². The third-order valence-corrected chi connectivity index (χ3v) is 5.39. The number of aromatic amines is 1. The highest BCUT2D eigenvalue weighted by molar-refractivity contribution is 7.71. The smallest absolute Gasteiger partial charge is 0.262 e. The summed E-state index contributed by atoms with van der Waals surface area (Å²) in [7, 11) is 0.